The van der Waals surface area contributed by atoms with Crippen LogP contribution in [0.1, 0.15) is 4.88 Å². The molecule has 2 rings (SSSR count). The van der Waals surface area contributed by atoms with Gasteiger partial charge < -0.3 is 5.32 Å². The van der Waals surface area contributed by atoms with E-state index in [-0.39, 0.29) is 12.4 Å². The lowest BCUT2D eigenvalue weighted by Gasteiger charge is -2.26. The number of nitrogens with one attached hydrogen (secondary N) is 1. The van der Waals surface area contributed by atoms with Crippen molar-refractivity contribution in [2.45, 2.75) is 6.42 Å². The zero-order valence-corrected chi connectivity index (χ0v) is 7.88. The molecule has 0 amide bonds. The molecule has 0 atom stereocenters. The van der Waals surface area contributed by atoms with Crippen molar-refractivity contribution in [2.24, 2.45) is 5.92 Å². The van der Waals surface area contributed by atoms with Crippen LogP contribution in [0, 0.1) is 5.92 Å². The number of hydrogen-bond acceptors (Lipinski definition) is 2. The lowest BCUT2D eigenvalue weighted by Crippen LogP contribution is -2.42. The van der Waals surface area contributed by atoms with Gasteiger partial charge in [-0.3, -0.25) is 0 Å². The van der Waals surface area contributed by atoms with Gasteiger partial charge in [-0.2, -0.15) is 0 Å². The van der Waals surface area contributed by atoms with Gasteiger partial charge in [-0.1, -0.05) is 6.07 Å². The number of hydrogen-bond donors (Lipinski definition) is 1. The van der Waals surface area contributed by atoms with Crippen LogP contribution in [-0.4, -0.2) is 13.1 Å². The molecule has 0 radical (unpaired) electrons. The van der Waals surface area contributed by atoms with Gasteiger partial charge in [0, 0.05) is 4.88 Å². The molecule has 0 unspecified atom stereocenters. The van der Waals surface area contributed by atoms with E-state index in [1.807, 2.05) is 11.3 Å². The summed E-state index contributed by atoms with van der Waals surface area (Å²) in [5.74, 6) is 0.915. The first-order valence-electron chi connectivity index (χ1n) is 3.68. The number of rotatable bonds is 2. The highest BCUT2D eigenvalue weighted by atomic mass is 35.5. The zero-order valence-electron chi connectivity index (χ0n) is 6.25. The van der Waals surface area contributed by atoms with E-state index in [4.69, 9.17) is 0 Å². The van der Waals surface area contributed by atoms with Crippen molar-refractivity contribution in [3.05, 3.63) is 22.4 Å². The van der Waals surface area contributed by atoms with Crippen LogP contribution < -0.4 is 5.32 Å². The standard InChI is InChI=1S/C8H11NS.ClH/c1-2-8(10-3-1)4-7-5-9-6-7;/h1-3,7,9H,4-6H2;1H. The molecule has 1 N–H and O–H groups in total. The predicted molar refractivity (Wildman–Crippen MR) is 51.6 cm³/mol. The summed E-state index contributed by atoms with van der Waals surface area (Å²) in [4.78, 5) is 1.53. The fraction of sp³-hybridized carbons (Fsp3) is 0.500. The highest BCUT2D eigenvalue weighted by Crippen LogP contribution is 2.16. The summed E-state index contributed by atoms with van der Waals surface area (Å²) in [6.07, 6.45) is 1.28. The fourth-order valence-corrected chi connectivity index (χ4v) is 2.03. The van der Waals surface area contributed by atoms with Crippen molar-refractivity contribution in [1.82, 2.24) is 5.32 Å². The van der Waals surface area contributed by atoms with E-state index in [0.717, 1.165) is 5.92 Å². The van der Waals surface area contributed by atoms with Gasteiger partial charge >= 0.3 is 0 Å². The molecule has 0 bridgehead atoms. The van der Waals surface area contributed by atoms with E-state index in [0.29, 0.717) is 0 Å². The number of thiophene rings is 1. The van der Waals surface area contributed by atoms with E-state index in [2.05, 4.69) is 22.8 Å². The van der Waals surface area contributed by atoms with E-state index in [9.17, 15) is 0 Å². The Morgan fingerprint density at radius 2 is 2.36 bits per heavy atom. The summed E-state index contributed by atoms with van der Waals surface area (Å²) in [6, 6.07) is 4.36. The highest BCUT2D eigenvalue weighted by molar-refractivity contribution is 7.09. The quantitative estimate of drug-likeness (QED) is 0.750. The maximum atomic E-state index is 3.28. The molecule has 1 aliphatic rings. The van der Waals surface area contributed by atoms with Crippen LogP contribution in [0.15, 0.2) is 17.5 Å². The topological polar surface area (TPSA) is 12.0 Å². The van der Waals surface area contributed by atoms with E-state index >= 15 is 0 Å². The first-order chi connectivity index (χ1) is 4.95. The molecule has 1 fully saturated rings. The first kappa shape index (κ1) is 9.04. The summed E-state index contributed by atoms with van der Waals surface area (Å²) >= 11 is 1.87. The van der Waals surface area contributed by atoms with E-state index < -0.39 is 0 Å². The minimum atomic E-state index is 0. The van der Waals surface area contributed by atoms with Gasteiger partial charge in [0.05, 0.1) is 0 Å². The lowest BCUT2D eigenvalue weighted by atomic mass is 9.99. The Balaban J connectivity index is 0.000000605. The third-order valence-corrected chi connectivity index (χ3v) is 2.83. The average Bonchev–Trinajstić information content (AvgIpc) is 2.29. The lowest BCUT2D eigenvalue weighted by molar-refractivity contribution is 0.348. The Labute approximate surface area is 77.2 Å². The summed E-state index contributed by atoms with van der Waals surface area (Å²) in [5, 5.41) is 5.43. The van der Waals surface area contributed by atoms with Gasteiger partial charge in [0.15, 0.2) is 0 Å². The zero-order chi connectivity index (χ0) is 6.81. The van der Waals surface area contributed by atoms with Crippen molar-refractivity contribution in [3.8, 4) is 0 Å². The van der Waals surface area contributed by atoms with Crippen molar-refractivity contribution < 1.29 is 0 Å². The Hall–Kier alpha value is -0.0500. The second-order valence-corrected chi connectivity index (χ2v) is 3.84. The molecule has 1 saturated heterocycles. The molecule has 0 aromatic carbocycles. The van der Waals surface area contributed by atoms with Crippen molar-refractivity contribution >= 4 is 23.7 Å². The van der Waals surface area contributed by atoms with Gasteiger partial charge in [-0.25, -0.2) is 0 Å². The van der Waals surface area contributed by atoms with Crippen LogP contribution in [0.5, 0.6) is 0 Å². The van der Waals surface area contributed by atoms with Gasteiger partial charge in [0.2, 0.25) is 0 Å². The first-order valence-corrected chi connectivity index (χ1v) is 4.56. The summed E-state index contributed by atoms with van der Waals surface area (Å²) in [6.45, 7) is 2.44. The summed E-state index contributed by atoms with van der Waals surface area (Å²) < 4.78 is 0. The molecule has 1 aromatic rings. The smallest absolute Gasteiger partial charge is 0.00489 e. The number of halogens is 1. The molecule has 1 aromatic heterocycles. The molecule has 3 heteroatoms. The molecule has 11 heavy (non-hydrogen) atoms. The van der Waals surface area contributed by atoms with Crippen LogP contribution in [0.25, 0.3) is 0 Å². The molecule has 1 aliphatic heterocycles. The van der Waals surface area contributed by atoms with E-state index in [1.54, 1.807) is 0 Å². The van der Waals surface area contributed by atoms with Crippen LogP contribution in [0.2, 0.25) is 0 Å². The fourth-order valence-electron chi connectivity index (χ4n) is 1.21. The summed E-state index contributed by atoms with van der Waals surface area (Å²) in [7, 11) is 0. The molecule has 2 heterocycles. The normalized spacial score (nSPS) is 17.1. The molecule has 0 saturated carbocycles. The molecule has 62 valence electrons. The van der Waals surface area contributed by atoms with Crippen LogP contribution in [-0.2, 0) is 6.42 Å². The Morgan fingerprint density at radius 1 is 1.55 bits per heavy atom. The second kappa shape index (κ2) is 4.10. The maximum Gasteiger partial charge on any atom is 0.00489 e. The third-order valence-electron chi connectivity index (χ3n) is 1.94. The summed E-state index contributed by atoms with van der Waals surface area (Å²) in [5.41, 5.74) is 0. The van der Waals surface area contributed by atoms with Crippen molar-refractivity contribution in [2.75, 3.05) is 13.1 Å². The van der Waals surface area contributed by atoms with Crippen LogP contribution in [0.4, 0.5) is 0 Å². The van der Waals surface area contributed by atoms with Gasteiger partial charge in [-0.05, 0) is 36.9 Å². The molecule has 0 aliphatic carbocycles. The maximum absolute atomic E-state index is 3.28. The molecule has 1 nitrogen and oxygen atoms in total. The largest absolute Gasteiger partial charge is 0.316 e. The Morgan fingerprint density at radius 3 is 2.82 bits per heavy atom. The third kappa shape index (κ3) is 2.19. The minimum Gasteiger partial charge on any atom is -0.316 e. The monoisotopic (exact) mass is 189 g/mol. The molecular weight excluding hydrogens is 178 g/mol. The van der Waals surface area contributed by atoms with E-state index in [1.165, 1.54) is 24.4 Å². The van der Waals surface area contributed by atoms with Crippen LogP contribution in [0.3, 0.4) is 0 Å². The van der Waals surface area contributed by atoms with Crippen molar-refractivity contribution in [3.63, 3.8) is 0 Å². The second-order valence-electron chi connectivity index (χ2n) is 2.81. The van der Waals surface area contributed by atoms with Crippen molar-refractivity contribution in [1.29, 1.82) is 0 Å². The van der Waals surface area contributed by atoms with Gasteiger partial charge in [-0.15, -0.1) is 23.7 Å². The predicted octanol–water partition coefficient (Wildman–Crippen LogP) is 1.93. The Kier molecular flexibility index (Phi) is 3.37. The molecular formula is C8H12ClNS. The molecule has 0 spiro atoms. The Bertz CT molecular complexity index is 194. The average molecular weight is 190 g/mol. The van der Waals surface area contributed by atoms with Gasteiger partial charge in [0.1, 0.15) is 0 Å². The van der Waals surface area contributed by atoms with Gasteiger partial charge in [0.25, 0.3) is 0 Å². The SMILES string of the molecule is Cl.c1csc(CC2CNC2)c1. The van der Waals surface area contributed by atoms with Crippen LogP contribution >= 0.6 is 23.7 Å². The highest BCUT2D eigenvalue weighted by Gasteiger charge is 2.16. The minimum absolute atomic E-state index is 0.